The van der Waals surface area contributed by atoms with Gasteiger partial charge in [-0.3, -0.25) is 4.79 Å². The Hall–Kier alpha value is -2.17. The molecular weight excluding hydrogens is 194 g/mol. The number of pyridine rings is 2. The van der Waals surface area contributed by atoms with Gasteiger partial charge in [0.1, 0.15) is 11.8 Å². The van der Waals surface area contributed by atoms with Gasteiger partial charge in [0.25, 0.3) is 12.2 Å². The fourth-order valence-electron chi connectivity index (χ4n) is 1.80. The van der Waals surface area contributed by atoms with Crippen molar-refractivity contribution in [2.75, 3.05) is 6.54 Å². The van der Waals surface area contributed by atoms with Crippen molar-refractivity contribution >= 4 is 22.5 Å². The number of carbonyl (C=O) groups excluding carboxylic acids is 1. The number of ketones is 1. The zero-order chi connectivity index (χ0) is 10.4. The number of nitroso groups, excluding NO2 is 1. The summed E-state index contributed by atoms with van der Waals surface area (Å²) in [4.78, 5) is 31.0. The van der Waals surface area contributed by atoms with Crippen molar-refractivity contribution < 1.29 is 9.55 Å². The molecular formula is C10H6N3O2+. The number of Topliss-reactive ketones (excluding diaryl/α,β-unsaturated/α-hetero) is 1. The van der Waals surface area contributed by atoms with E-state index in [9.17, 15) is 9.70 Å². The van der Waals surface area contributed by atoms with Gasteiger partial charge >= 0.3 is 0 Å². The van der Waals surface area contributed by atoms with E-state index >= 15 is 0 Å². The molecule has 5 nitrogen and oxygen atoms in total. The van der Waals surface area contributed by atoms with E-state index in [1.165, 1.54) is 6.20 Å². The van der Waals surface area contributed by atoms with E-state index in [4.69, 9.17) is 0 Å². The first kappa shape index (κ1) is 8.16. The lowest BCUT2D eigenvalue weighted by atomic mass is 10.1. The molecule has 0 aliphatic carbocycles. The van der Waals surface area contributed by atoms with Crippen molar-refractivity contribution in [2.45, 2.75) is 0 Å². The number of rotatable bonds is 0. The van der Waals surface area contributed by atoms with Crippen LogP contribution < -0.4 is 0 Å². The third-order valence-electron chi connectivity index (χ3n) is 2.46. The third kappa shape index (κ3) is 0.999. The first-order valence-electron chi connectivity index (χ1n) is 4.49. The summed E-state index contributed by atoms with van der Waals surface area (Å²) in [5.41, 5.74) is 1.29. The molecule has 5 heteroatoms. The zero-order valence-corrected chi connectivity index (χ0v) is 7.67. The predicted octanol–water partition coefficient (Wildman–Crippen LogP) is 1.24. The van der Waals surface area contributed by atoms with E-state index in [0.29, 0.717) is 27.0 Å². The van der Waals surface area contributed by atoms with Gasteiger partial charge in [-0.05, 0) is 12.1 Å². The Morgan fingerprint density at radius 3 is 3.07 bits per heavy atom. The summed E-state index contributed by atoms with van der Waals surface area (Å²) in [5.74, 6) is -0.166. The molecule has 0 fully saturated rings. The second-order valence-corrected chi connectivity index (χ2v) is 3.35. The predicted molar refractivity (Wildman–Crippen MR) is 52.0 cm³/mol. The van der Waals surface area contributed by atoms with Crippen LogP contribution >= 0.6 is 0 Å². The first-order chi connectivity index (χ1) is 7.27. The Balaban J connectivity index is 2.49. The van der Waals surface area contributed by atoms with Crippen LogP contribution in [0.1, 0.15) is 10.4 Å². The van der Waals surface area contributed by atoms with Crippen molar-refractivity contribution in [3.8, 4) is 0 Å². The van der Waals surface area contributed by atoms with Gasteiger partial charge in [-0.15, -0.1) is 0 Å². The second kappa shape index (κ2) is 2.66. The minimum Gasteiger partial charge on any atom is -0.286 e. The van der Waals surface area contributed by atoms with Gasteiger partial charge in [0.2, 0.25) is 5.78 Å². The molecule has 2 aromatic heterocycles. The Kier molecular flexibility index (Phi) is 1.45. The molecule has 0 radical (unpaired) electrons. The van der Waals surface area contributed by atoms with Crippen LogP contribution in [-0.2, 0) is 0 Å². The average Bonchev–Trinajstić information content (AvgIpc) is 2.55. The topological polar surface area (TPSA) is 62.9 Å². The van der Waals surface area contributed by atoms with Crippen LogP contribution in [0.5, 0.6) is 0 Å². The van der Waals surface area contributed by atoms with Gasteiger partial charge in [0.15, 0.2) is 5.65 Å². The number of aromatic nitrogens is 2. The Morgan fingerprint density at radius 1 is 1.33 bits per heavy atom. The lowest BCUT2D eigenvalue weighted by Gasteiger charge is -1.95. The summed E-state index contributed by atoms with van der Waals surface area (Å²) in [7, 11) is 0. The summed E-state index contributed by atoms with van der Waals surface area (Å²) in [6.07, 6.45) is 3.01. The van der Waals surface area contributed by atoms with Crippen LogP contribution in [0.2, 0.25) is 0 Å². The van der Waals surface area contributed by atoms with Crippen LogP contribution in [0.25, 0.3) is 11.0 Å². The smallest absolute Gasteiger partial charge is 0.286 e. The zero-order valence-electron chi connectivity index (χ0n) is 7.67. The molecule has 0 aromatic carbocycles. The van der Waals surface area contributed by atoms with E-state index in [0.717, 1.165) is 0 Å². The van der Waals surface area contributed by atoms with Crippen LogP contribution in [0.3, 0.4) is 0 Å². The maximum absolute atomic E-state index is 11.6. The monoisotopic (exact) mass is 200 g/mol. The third-order valence-corrected chi connectivity index (χ3v) is 2.46. The van der Waals surface area contributed by atoms with Gasteiger partial charge in [-0.1, -0.05) is 0 Å². The number of hydrogen-bond donors (Lipinski definition) is 0. The molecule has 0 atom stereocenters. The van der Waals surface area contributed by atoms with Gasteiger partial charge in [0, 0.05) is 21.3 Å². The van der Waals surface area contributed by atoms with E-state index < -0.39 is 0 Å². The minimum atomic E-state index is -0.166. The van der Waals surface area contributed by atoms with Crippen LogP contribution in [0.4, 0.5) is 5.69 Å². The molecule has 15 heavy (non-hydrogen) atoms. The fraction of sp³-hybridized carbons (Fsp3) is 0.100. The lowest BCUT2D eigenvalue weighted by Crippen LogP contribution is -2.02. The molecule has 0 unspecified atom stereocenters. The van der Waals surface area contributed by atoms with Crippen molar-refractivity contribution in [1.82, 2.24) is 9.97 Å². The highest BCUT2D eigenvalue weighted by Crippen LogP contribution is 2.30. The molecule has 72 valence electrons. The first-order valence-corrected chi connectivity index (χ1v) is 4.49. The SMILES string of the molecule is O=C1C[N+](=O)c2cnc3ncccc3c21. The molecule has 0 saturated carbocycles. The second-order valence-electron chi connectivity index (χ2n) is 3.35. The molecule has 1 aliphatic rings. The molecule has 0 amide bonds. The lowest BCUT2D eigenvalue weighted by molar-refractivity contribution is -0.441. The van der Waals surface area contributed by atoms with Crippen LogP contribution in [0, 0.1) is 4.91 Å². The summed E-state index contributed by atoms with van der Waals surface area (Å²) < 4.78 is 0.664. The van der Waals surface area contributed by atoms with E-state index in [1.54, 1.807) is 18.3 Å². The van der Waals surface area contributed by atoms with Crippen molar-refractivity contribution in [3.05, 3.63) is 35.0 Å². The van der Waals surface area contributed by atoms with E-state index in [2.05, 4.69) is 9.97 Å². The number of carbonyl (C=O) groups is 1. The standard InChI is InChI=1S/C10H6N3O2/c14-8-5-13(15)7-4-12-10-6(9(7)8)2-1-3-11-10/h1-4H,5H2/q+1. The molecule has 0 spiro atoms. The average molecular weight is 200 g/mol. The number of fused-ring (bicyclic) bond motifs is 3. The highest BCUT2D eigenvalue weighted by molar-refractivity contribution is 6.12. The van der Waals surface area contributed by atoms with Crippen molar-refractivity contribution in [1.29, 1.82) is 0 Å². The highest BCUT2D eigenvalue weighted by Gasteiger charge is 2.37. The summed E-state index contributed by atoms with van der Waals surface area (Å²) >= 11 is 0. The van der Waals surface area contributed by atoms with Gasteiger partial charge in [0.05, 0.1) is 0 Å². The van der Waals surface area contributed by atoms with Crippen LogP contribution in [-0.4, -0.2) is 27.1 Å². The quantitative estimate of drug-likeness (QED) is 0.600. The number of hydrogen-bond acceptors (Lipinski definition) is 4. The molecule has 0 bridgehead atoms. The summed E-state index contributed by atoms with van der Waals surface area (Å²) in [6.45, 7) is -0.120. The van der Waals surface area contributed by atoms with Gasteiger partial charge < -0.3 is 0 Å². The summed E-state index contributed by atoms with van der Waals surface area (Å²) in [5, 5.41) is 0.651. The summed E-state index contributed by atoms with van der Waals surface area (Å²) in [6, 6.07) is 3.48. The molecule has 0 N–H and O–H groups in total. The maximum atomic E-state index is 11.6. The minimum absolute atomic E-state index is 0.120. The molecule has 1 aliphatic heterocycles. The van der Waals surface area contributed by atoms with Crippen LogP contribution in [0.15, 0.2) is 24.5 Å². The highest BCUT2D eigenvalue weighted by atomic mass is 16.3. The molecule has 3 heterocycles. The maximum Gasteiger partial charge on any atom is 0.286 e. The largest absolute Gasteiger partial charge is 0.286 e. The molecule has 3 rings (SSSR count). The van der Waals surface area contributed by atoms with E-state index in [1.807, 2.05) is 0 Å². The van der Waals surface area contributed by atoms with Crippen molar-refractivity contribution in [3.63, 3.8) is 0 Å². The van der Waals surface area contributed by atoms with Crippen molar-refractivity contribution in [2.24, 2.45) is 0 Å². The Labute approximate surface area is 84.3 Å². The Bertz CT molecular complexity index is 607. The van der Waals surface area contributed by atoms with E-state index in [-0.39, 0.29) is 12.3 Å². The molecule has 0 saturated heterocycles. The van der Waals surface area contributed by atoms with Gasteiger partial charge in [-0.2, -0.15) is 0 Å². The normalized spacial score (nSPS) is 14.7. The fourth-order valence-corrected chi connectivity index (χ4v) is 1.80. The molecule has 2 aromatic rings. The van der Waals surface area contributed by atoms with Gasteiger partial charge in [-0.25, -0.2) is 9.97 Å². The number of nitrogens with zero attached hydrogens (tertiary/aromatic N) is 3. The Morgan fingerprint density at radius 2 is 2.20 bits per heavy atom.